The summed E-state index contributed by atoms with van der Waals surface area (Å²) in [6.07, 6.45) is 1.49. The summed E-state index contributed by atoms with van der Waals surface area (Å²) < 4.78 is 1.81. The monoisotopic (exact) mass is 357 g/mol. The van der Waals surface area contributed by atoms with Crippen molar-refractivity contribution < 1.29 is 14.7 Å². The summed E-state index contributed by atoms with van der Waals surface area (Å²) >= 11 is 0. The van der Waals surface area contributed by atoms with Gasteiger partial charge < -0.3 is 10.0 Å². The Balaban J connectivity index is 2.24. The molecule has 2 rings (SSSR count). The predicted molar refractivity (Wildman–Crippen MR) is 101 cm³/mol. The van der Waals surface area contributed by atoms with Crippen LogP contribution in [-0.4, -0.2) is 44.8 Å². The second-order valence-electron chi connectivity index (χ2n) is 6.39. The zero-order valence-corrected chi connectivity index (χ0v) is 16.0. The Morgan fingerprint density at radius 3 is 2.35 bits per heavy atom. The predicted octanol–water partition coefficient (Wildman–Crippen LogP) is 3.38. The van der Waals surface area contributed by atoms with Crippen molar-refractivity contribution >= 4 is 11.9 Å². The zero-order valence-electron chi connectivity index (χ0n) is 16.0. The van der Waals surface area contributed by atoms with E-state index in [1.165, 1.54) is 0 Å². The van der Waals surface area contributed by atoms with Gasteiger partial charge in [0.2, 0.25) is 0 Å². The summed E-state index contributed by atoms with van der Waals surface area (Å²) in [4.78, 5) is 25.2. The molecule has 0 aliphatic rings. The van der Waals surface area contributed by atoms with Crippen molar-refractivity contribution in [3.63, 3.8) is 0 Å². The fourth-order valence-corrected chi connectivity index (χ4v) is 3.12. The van der Waals surface area contributed by atoms with Crippen molar-refractivity contribution in [2.24, 2.45) is 0 Å². The van der Waals surface area contributed by atoms with Gasteiger partial charge in [-0.1, -0.05) is 6.92 Å². The van der Waals surface area contributed by atoms with E-state index < -0.39 is 5.97 Å². The maximum absolute atomic E-state index is 12.5. The number of carbonyl (C=O) groups excluding carboxylic acids is 1. The molecule has 26 heavy (non-hydrogen) atoms. The zero-order chi connectivity index (χ0) is 19.3. The van der Waals surface area contributed by atoms with Gasteiger partial charge in [-0.2, -0.15) is 5.10 Å². The first kappa shape index (κ1) is 19.7. The van der Waals surface area contributed by atoms with E-state index >= 15 is 0 Å². The van der Waals surface area contributed by atoms with Gasteiger partial charge >= 0.3 is 5.97 Å². The number of carboxylic acids is 1. The van der Waals surface area contributed by atoms with Gasteiger partial charge in [-0.15, -0.1) is 0 Å². The van der Waals surface area contributed by atoms with Gasteiger partial charge in [0.25, 0.3) is 5.91 Å². The number of hydrogen-bond donors (Lipinski definition) is 1. The molecule has 2 aromatic rings. The van der Waals surface area contributed by atoms with Crippen molar-refractivity contribution in [1.29, 1.82) is 0 Å². The number of aliphatic carboxylic acids is 1. The average molecular weight is 357 g/mol. The molecule has 0 atom stereocenters. The smallest absolute Gasteiger partial charge is 0.303 e. The number of hydrogen-bond acceptors (Lipinski definition) is 3. The van der Waals surface area contributed by atoms with E-state index in [-0.39, 0.29) is 12.3 Å². The lowest BCUT2D eigenvalue weighted by molar-refractivity contribution is -0.136. The molecule has 0 saturated carbocycles. The Bertz CT molecular complexity index is 778. The van der Waals surface area contributed by atoms with E-state index in [9.17, 15) is 9.59 Å². The maximum Gasteiger partial charge on any atom is 0.303 e. The highest BCUT2D eigenvalue weighted by Crippen LogP contribution is 2.20. The maximum atomic E-state index is 12.5. The Labute approximate surface area is 154 Å². The fourth-order valence-electron chi connectivity index (χ4n) is 3.12. The molecule has 0 spiro atoms. The second-order valence-corrected chi connectivity index (χ2v) is 6.39. The SMILES string of the molecule is CCCN(CC)C(=O)c1ccc(-n2nc(C)c(CCC(=O)O)c2C)cc1. The highest BCUT2D eigenvalue weighted by Gasteiger charge is 2.16. The summed E-state index contributed by atoms with van der Waals surface area (Å²) in [5.74, 6) is -0.775. The number of benzene rings is 1. The van der Waals surface area contributed by atoms with Crippen molar-refractivity contribution in [3.8, 4) is 5.69 Å². The van der Waals surface area contributed by atoms with Crippen LogP contribution in [-0.2, 0) is 11.2 Å². The molecule has 1 heterocycles. The first-order valence-electron chi connectivity index (χ1n) is 9.05. The third-order valence-electron chi connectivity index (χ3n) is 4.55. The number of nitrogens with zero attached hydrogens (tertiary/aromatic N) is 3. The Morgan fingerprint density at radius 1 is 1.15 bits per heavy atom. The van der Waals surface area contributed by atoms with Crippen molar-refractivity contribution in [2.75, 3.05) is 13.1 Å². The molecule has 0 bridgehead atoms. The minimum absolute atomic E-state index is 0.0383. The fraction of sp³-hybridized carbons (Fsp3) is 0.450. The molecule has 6 heteroatoms. The lowest BCUT2D eigenvalue weighted by atomic mass is 10.1. The minimum Gasteiger partial charge on any atom is -0.481 e. The number of carbonyl (C=O) groups is 2. The van der Waals surface area contributed by atoms with Crippen LogP contribution in [0.1, 0.15) is 54.0 Å². The van der Waals surface area contributed by atoms with Crippen LogP contribution < -0.4 is 0 Å². The normalized spacial score (nSPS) is 10.8. The lowest BCUT2D eigenvalue weighted by Gasteiger charge is -2.20. The lowest BCUT2D eigenvalue weighted by Crippen LogP contribution is -2.31. The van der Waals surface area contributed by atoms with Crippen LogP contribution >= 0.6 is 0 Å². The van der Waals surface area contributed by atoms with Gasteiger partial charge in [0, 0.05) is 30.8 Å². The largest absolute Gasteiger partial charge is 0.481 e. The van der Waals surface area contributed by atoms with Gasteiger partial charge in [-0.25, -0.2) is 4.68 Å². The van der Waals surface area contributed by atoms with Crippen molar-refractivity contribution in [1.82, 2.24) is 14.7 Å². The summed E-state index contributed by atoms with van der Waals surface area (Å²) in [7, 11) is 0. The van der Waals surface area contributed by atoms with Crippen LogP contribution in [0.5, 0.6) is 0 Å². The number of amides is 1. The first-order chi connectivity index (χ1) is 12.4. The van der Waals surface area contributed by atoms with E-state index in [4.69, 9.17) is 5.11 Å². The highest BCUT2D eigenvalue weighted by molar-refractivity contribution is 5.94. The van der Waals surface area contributed by atoms with Crippen molar-refractivity contribution in [3.05, 3.63) is 46.8 Å². The van der Waals surface area contributed by atoms with Crippen LogP contribution in [0.4, 0.5) is 0 Å². The average Bonchev–Trinajstić information content (AvgIpc) is 2.91. The van der Waals surface area contributed by atoms with E-state index in [0.29, 0.717) is 18.5 Å². The molecular formula is C20H27N3O3. The highest BCUT2D eigenvalue weighted by atomic mass is 16.4. The van der Waals surface area contributed by atoms with Crippen molar-refractivity contribution in [2.45, 2.75) is 47.0 Å². The van der Waals surface area contributed by atoms with Crippen LogP contribution in [0.2, 0.25) is 0 Å². The van der Waals surface area contributed by atoms with Crippen LogP contribution in [0, 0.1) is 13.8 Å². The molecule has 0 saturated heterocycles. The third kappa shape index (κ3) is 4.31. The molecule has 0 aliphatic heterocycles. The Morgan fingerprint density at radius 2 is 1.81 bits per heavy atom. The molecular weight excluding hydrogens is 330 g/mol. The molecule has 6 nitrogen and oxygen atoms in total. The quantitative estimate of drug-likeness (QED) is 0.786. The Hall–Kier alpha value is -2.63. The number of carboxylic acid groups (broad SMARTS) is 1. The summed E-state index contributed by atoms with van der Waals surface area (Å²) in [5.41, 5.74) is 4.26. The summed E-state index contributed by atoms with van der Waals surface area (Å²) in [6.45, 7) is 9.32. The van der Waals surface area contributed by atoms with E-state index in [1.807, 2.05) is 54.6 Å². The number of rotatable bonds is 8. The minimum atomic E-state index is -0.813. The van der Waals surface area contributed by atoms with Gasteiger partial charge in [0.05, 0.1) is 11.4 Å². The van der Waals surface area contributed by atoms with Gasteiger partial charge in [-0.3, -0.25) is 9.59 Å². The van der Waals surface area contributed by atoms with E-state index in [1.54, 1.807) is 0 Å². The van der Waals surface area contributed by atoms with Gasteiger partial charge in [0.15, 0.2) is 0 Å². The number of aromatic nitrogens is 2. The van der Waals surface area contributed by atoms with Gasteiger partial charge in [0.1, 0.15) is 0 Å². The number of aryl methyl sites for hydroxylation is 1. The molecule has 1 aromatic carbocycles. The third-order valence-corrected chi connectivity index (χ3v) is 4.55. The van der Waals surface area contributed by atoms with Crippen LogP contribution in [0.15, 0.2) is 24.3 Å². The van der Waals surface area contributed by atoms with E-state index in [2.05, 4.69) is 12.0 Å². The molecule has 0 radical (unpaired) electrons. The Kier molecular flexibility index (Phi) is 6.55. The van der Waals surface area contributed by atoms with Gasteiger partial charge in [-0.05, 0) is 63.4 Å². The molecule has 1 aromatic heterocycles. The van der Waals surface area contributed by atoms with E-state index in [0.717, 1.165) is 35.6 Å². The molecule has 0 fully saturated rings. The summed E-state index contributed by atoms with van der Waals surface area (Å²) in [5, 5.41) is 13.4. The molecule has 1 N–H and O–H groups in total. The van der Waals surface area contributed by atoms with Crippen LogP contribution in [0.25, 0.3) is 5.69 Å². The standard InChI is InChI=1S/C20H27N3O3/c1-5-13-22(6-2)20(26)16-7-9-17(10-8-16)23-15(4)18(14(3)21-23)11-12-19(24)25/h7-10H,5-6,11-13H2,1-4H3,(H,24,25). The molecule has 0 unspecified atom stereocenters. The van der Waals surface area contributed by atoms with Crippen LogP contribution in [0.3, 0.4) is 0 Å². The summed E-state index contributed by atoms with van der Waals surface area (Å²) in [6, 6.07) is 7.41. The topological polar surface area (TPSA) is 75.4 Å². The molecule has 1 amide bonds. The first-order valence-corrected chi connectivity index (χ1v) is 9.05. The second kappa shape index (κ2) is 8.65. The molecule has 140 valence electrons. The molecule has 0 aliphatic carbocycles.